The van der Waals surface area contributed by atoms with Gasteiger partial charge in [0.1, 0.15) is 5.69 Å². The Labute approximate surface area is 91.9 Å². The van der Waals surface area contributed by atoms with E-state index < -0.39 is 17.5 Å². The first kappa shape index (κ1) is 12.1. The number of nitrogens with zero attached hydrogens (tertiary/aromatic N) is 1. The van der Waals surface area contributed by atoms with Gasteiger partial charge in [0.2, 0.25) is 0 Å². The first-order valence-corrected chi connectivity index (χ1v) is 4.58. The second kappa shape index (κ2) is 4.71. The molecule has 0 bridgehead atoms. The Balaban J connectivity index is 2.58. The summed E-state index contributed by atoms with van der Waals surface area (Å²) in [5.41, 5.74) is -1.81. The number of carbonyl (C=O) groups is 2. The van der Waals surface area contributed by atoms with Gasteiger partial charge in [-0.15, -0.1) is 0 Å². The van der Waals surface area contributed by atoms with Crippen molar-refractivity contribution in [2.45, 2.75) is 12.5 Å². The normalized spacial score (nSPS) is 13.9. The quantitative estimate of drug-likeness (QED) is 0.649. The predicted octanol–water partition coefficient (Wildman–Crippen LogP) is -0.353. The molecule has 1 atom stereocenters. The SMILES string of the molecule is CC(O)(CNC(=O)c1ccccn1)C(=O)O. The zero-order valence-corrected chi connectivity index (χ0v) is 8.67. The molecule has 1 unspecified atom stereocenters. The molecule has 1 aromatic heterocycles. The van der Waals surface area contributed by atoms with Crippen molar-refractivity contribution in [2.75, 3.05) is 6.54 Å². The third kappa shape index (κ3) is 3.03. The Hall–Kier alpha value is -1.95. The summed E-state index contributed by atoms with van der Waals surface area (Å²) < 4.78 is 0. The van der Waals surface area contributed by atoms with Crippen LogP contribution in [0.25, 0.3) is 0 Å². The highest BCUT2D eigenvalue weighted by Crippen LogP contribution is 2.01. The smallest absolute Gasteiger partial charge is 0.337 e. The van der Waals surface area contributed by atoms with Crippen molar-refractivity contribution in [1.82, 2.24) is 10.3 Å². The van der Waals surface area contributed by atoms with Crippen LogP contribution in [0.1, 0.15) is 17.4 Å². The van der Waals surface area contributed by atoms with Gasteiger partial charge in [-0.05, 0) is 19.1 Å². The number of aliphatic hydroxyl groups is 1. The third-order valence-corrected chi connectivity index (χ3v) is 1.95. The molecule has 6 nitrogen and oxygen atoms in total. The highest BCUT2D eigenvalue weighted by molar-refractivity contribution is 5.92. The van der Waals surface area contributed by atoms with Crippen molar-refractivity contribution in [2.24, 2.45) is 0 Å². The largest absolute Gasteiger partial charge is 0.479 e. The van der Waals surface area contributed by atoms with Crippen LogP contribution in [0.5, 0.6) is 0 Å². The molecule has 0 radical (unpaired) electrons. The lowest BCUT2D eigenvalue weighted by molar-refractivity contribution is -0.155. The summed E-state index contributed by atoms with van der Waals surface area (Å²) in [6.07, 6.45) is 1.45. The number of nitrogens with one attached hydrogen (secondary N) is 1. The van der Waals surface area contributed by atoms with Crippen LogP contribution in [0, 0.1) is 0 Å². The van der Waals surface area contributed by atoms with Gasteiger partial charge >= 0.3 is 5.97 Å². The molecule has 86 valence electrons. The number of pyridine rings is 1. The van der Waals surface area contributed by atoms with Crippen molar-refractivity contribution >= 4 is 11.9 Å². The van der Waals surface area contributed by atoms with Gasteiger partial charge in [-0.25, -0.2) is 4.79 Å². The van der Waals surface area contributed by atoms with Gasteiger partial charge in [0, 0.05) is 6.20 Å². The molecule has 0 saturated carbocycles. The van der Waals surface area contributed by atoms with Crippen LogP contribution in [-0.4, -0.2) is 39.2 Å². The number of carbonyl (C=O) groups excluding carboxylic acids is 1. The van der Waals surface area contributed by atoms with E-state index in [4.69, 9.17) is 5.11 Å². The molecule has 0 aliphatic rings. The number of hydrogen-bond donors (Lipinski definition) is 3. The monoisotopic (exact) mass is 224 g/mol. The maximum absolute atomic E-state index is 11.4. The summed E-state index contributed by atoms with van der Waals surface area (Å²) in [6, 6.07) is 4.78. The Morgan fingerprint density at radius 3 is 2.69 bits per heavy atom. The highest BCUT2D eigenvalue weighted by atomic mass is 16.4. The van der Waals surface area contributed by atoms with Crippen molar-refractivity contribution in [1.29, 1.82) is 0 Å². The summed E-state index contributed by atoms with van der Waals surface area (Å²) in [5, 5.41) is 20.2. The topological polar surface area (TPSA) is 99.5 Å². The number of amides is 1. The van der Waals surface area contributed by atoms with E-state index in [0.29, 0.717) is 0 Å². The molecule has 0 saturated heterocycles. The van der Waals surface area contributed by atoms with Crippen molar-refractivity contribution < 1.29 is 19.8 Å². The standard InChI is InChI=1S/C10H12N2O4/c1-10(16,9(14)15)6-12-8(13)7-4-2-3-5-11-7/h2-5,16H,6H2,1H3,(H,12,13)(H,14,15). The number of aromatic nitrogens is 1. The molecule has 6 heteroatoms. The van der Waals surface area contributed by atoms with Gasteiger partial charge < -0.3 is 15.5 Å². The zero-order chi connectivity index (χ0) is 12.2. The highest BCUT2D eigenvalue weighted by Gasteiger charge is 2.30. The van der Waals surface area contributed by atoms with E-state index in [-0.39, 0.29) is 12.2 Å². The van der Waals surface area contributed by atoms with E-state index in [2.05, 4.69) is 10.3 Å². The number of carboxylic acids is 1. The molecule has 16 heavy (non-hydrogen) atoms. The maximum atomic E-state index is 11.4. The fourth-order valence-electron chi connectivity index (χ4n) is 0.916. The molecule has 0 aliphatic carbocycles. The number of rotatable bonds is 4. The lowest BCUT2D eigenvalue weighted by Gasteiger charge is -2.17. The van der Waals surface area contributed by atoms with Crippen molar-refractivity contribution in [3.8, 4) is 0 Å². The van der Waals surface area contributed by atoms with Gasteiger partial charge in [0.15, 0.2) is 5.60 Å². The van der Waals surface area contributed by atoms with E-state index in [9.17, 15) is 14.7 Å². The van der Waals surface area contributed by atoms with Gasteiger partial charge in [-0.3, -0.25) is 9.78 Å². The van der Waals surface area contributed by atoms with Crippen LogP contribution in [0.15, 0.2) is 24.4 Å². The van der Waals surface area contributed by atoms with Gasteiger partial charge in [-0.2, -0.15) is 0 Å². The van der Waals surface area contributed by atoms with Gasteiger partial charge in [-0.1, -0.05) is 6.07 Å². The second-order valence-corrected chi connectivity index (χ2v) is 3.48. The van der Waals surface area contributed by atoms with Crippen molar-refractivity contribution in [3.63, 3.8) is 0 Å². The van der Waals surface area contributed by atoms with Crippen LogP contribution < -0.4 is 5.32 Å². The van der Waals surface area contributed by atoms with Crippen LogP contribution in [0.2, 0.25) is 0 Å². The molecular weight excluding hydrogens is 212 g/mol. The minimum atomic E-state index is -1.98. The minimum absolute atomic E-state index is 0.170. The number of hydrogen-bond acceptors (Lipinski definition) is 4. The third-order valence-electron chi connectivity index (χ3n) is 1.95. The molecule has 3 N–H and O–H groups in total. The Kier molecular flexibility index (Phi) is 3.57. The molecule has 0 aliphatic heterocycles. The van der Waals surface area contributed by atoms with Crippen LogP contribution in [-0.2, 0) is 4.79 Å². The zero-order valence-electron chi connectivity index (χ0n) is 8.67. The molecule has 1 aromatic rings. The molecule has 0 spiro atoms. The number of aliphatic carboxylic acids is 1. The molecule has 1 rings (SSSR count). The van der Waals surface area contributed by atoms with Crippen molar-refractivity contribution in [3.05, 3.63) is 30.1 Å². The maximum Gasteiger partial charge on any atom is 0.337 e. The van der Waals surface area contributed by atoms with E-state index in [1.807, 2.05) is 0 Å². The molecule has 1 heterocycles. The number of carboxylic acid groups (broad SMARTS) is 1. The van der Waals surface area contributed by atoms with Crippen LogP contribution in [0.3, 0.4) is 0 Å². The fraction of sp³-hybridized carbons (Fsp3) is 0.300. The first-order chi connectivity index (χ1) is 7.43. The summed E-state index contributed by atoms with van der Waals surface area (Å²) >= 11 is 0. The summed E-state index contributed by atoms with van der Waals surface area (Å²) in [6.45, 7) is 0.728. The Morgan fingerprint density at radius 1 is 1.50 bits per heavy atom. The first-order valence-electron chi connectivity index (χ1n) is 4.58. The van der Waals surface area contributed by atoms with Gasteiger partial charge in [0.05, 0.1) is 6.54 Å². The molecule has 0 fully saturated rings. The van der Waals surface area contributed by atoms with E-state index >= 15 is 0 Å². The predicted molar refractivity (Wildman–Crippen MR) is 54.8 cm³/mol. The average Bonchev–Trinajstić information content (AvgIpc) is 2.27. The summed E-state index contributed by atoms with van der Waals surface area (Å²) in [7, 11) is 0. The lowest BCUT2D eigenvalue weighted by atomic mass is 10.1. The van der Waals surface area contributed by atoms with E-state index in [1.165, 1.54) is 12.3 Å². The van der Waals surface area contributed by atoms with E-state index in [1.54, 1.807) is 12.1 Å². The minimum Gasteiger partial charge on any atom is -0.479 e. The molecular formula is C10H12N2O4. The second-order valence-electron chi connectivity index (χ2n) is 3.48. The summed E-state index contributed by atoms with van der Waals surface area (Å²) in [4.78, 5) is 25.8. The van der Waals surface area contributed by atoms with E-state index in [0.717, 1.165) is 6.92 Å². The fourth-order valence-corrected chi connectivity index (χ4v) is 0.916. The molecule has 1 amide bonds. The van der Waals surface area contributed by atoms with Crippen LogP contribution in [0.4, 0.5) is 0 Å². The Morgan fingerprint density at radius 2 is 2.19 bits per heavy atom. The van der Waals surface area contributed by atoms with Gasteiger partial charge in [0.25, 0.3) is 5.91 Å². The summed E-state index contributed by atoms with van der Waals surface area (Å²) in [5.74, 6) is -1.92. The Bertz CT molecular complexity index is 389. The molecule has 0 aromatic carbocycles. The van der Waals surface area contributed by atoms with Crippen LogP contribution >= 0.6 is 0 Å². The average molecular weight is 224 g/mol. The lowest BCUT2D eigenvalue weighted by Crippen LogP contribution is -2.46.